The number of rotatable bonds is 2. The number of nitrogens with zero attached hydrogens (tertiary/aromatic N) is 1. The topological polar surface area (TPSA) is 75.8 Å². The van der Waals surface area contributed by atoms with Crippen molar-refractivity contribution in [1.82, 2.24) is 4.90 Å². The lowest BCUT2D eigenvalue weighted by Gasteiger charge is -2.35. The number of aryl methyl sites for hydroxylation is 1. The Hall–Kier alpha value is -1.59. The quantitative estimate of drug-likeness (QED) is 0.831. The fourth-order valence-electron chi connectivity index (χ4n) is 2.24. The number of phenolic OH excluding ortho intramolecular Hbond substituents is 1. The number of nitrogens with two attached hydrogens (primary N) is 1. The molecule has 0 aromatic heterocycles. The smallest absolute Gasteiger partial charge is 0.254 e. The Morgan fingerprint density at radius 2 is 2.32 bits per heavy atom. The fourth-order valence-corrected chi connectivity index (χ4v) is 2.24. The Labute approximate surface area is 113 Å². The fraction of sp³-hybridized carbons (Fsp3) is 0.500. The summed E-state index contributed by atoms with van der Waals surface area (Å²) in [6, 6.07) is 4.68. The van der Waals surface area contributed by atoms with E-state index in [4.69, 9.17) is 10.5 Å². The van der Waals surface area contributed by atoms with Gasteiger partial charge in [0.05, 0.1) is 12.7 Å². The summed E-state index contributed by atoms with van der Waals surface area (Å²) >= 11 is 0. The SMILES string of the molecule is Cc1cc(O)ccc1C(=O)N1CCOC(C(C)N)C1. The first kappa shape index (κ1) is 13.8. The van der Waals surface area contributed by atoms with E-state index < -0.39 is 0 Å². The number of hydrogen-bond acceptors (Lipinski definition) is 4. The molecule has 0 bridgehead atoms. The highest BCUT2D eigenvalue weighted by Gasteiger charge is 2.27. The molecule has 0 aliphatic carbocycles. The van der Waals surface area contributed by atoms with Crippen LogP contribution in [0.1, 0.15) is 22.8 Å². The van der Waals surface area contributed by atoms with Crippen molar-refractivity contribution < 1.29 is 14.6 Å². The van der Waals surface area contributed by atoms with Crippen LogP contribution < -0.4 is 5.73 Å². The van der Waals surface area contributed by atoms with E-state index in [0.29, 0.717) is 25.3 Å². The van der Waals surface area contributed by atoms with E-state index in [1.54, 1.807) is 17.0 Å². The van der Waals surface area contributed by atoms with Crippen LogP contribution in [-0.4, -0.2) is 47.8 Å². The standard InChI is InChI=1S/C14H20N2O3/c1-9-7-11(17)3-4-12(9)14(18)16-5-6-19-13(8-16)10(2)15/h3-4,7,10,13,17H,5-6,8,15H2,1-2H3. The Balaban J connectivity index is 2.15. The van der Waals surface area contributed by atoms with E-state index in [-0.39, 0.29) is 23.8 Å². The summed E-state index contributed by atoms with van der Waals surface area (Å²) in [6.07, 6.45) is -0.116. The molecule has 1 fully saturated rings. The van der Waals surface area contributed by atoms with Crippen molar-refractivity contribution in [1.29, 1.82) is 0 Å². The van der Waals surface area contributed by atoms with Gasteiger partial charge in [0.2, 0.25) is 0 Å². The summed E-state index contributed by atoms with van der Waals surface area (Å²) in [7, 11) is 0. The van der Waals surface area contributed by atoms with E-state index in [0.717, 1.165) is 5.56 Å². The zero-order valence-corrected chi connectivity index (χ0v) is 11.3. The summed E-state index contributed by atoms with van der Waals surface area (Å²) in [5, 5.41) is 9.38. The highest BCUT2D eigenvalue weighted by Crippen LogP contribution is 2.19. The minimum atomic E-state index is -0.116. The number of aromatic hydroxyl groups is 1. The van der Waals surface area contributed by atoms with Gasteiger partial charge in [0.1, 0.15) is 5.75 Å². The van der Waals surface area contributed by atoms with Gasteiger partial charge < -0.3 is 20.5 Å². The van der Waals surface area contributed by atoms with Gasteiger partial charge in [-0.3, -0.25) is 4.79 Å². The molecule has 5 heteroatoms. The molecule has 1 amide bonds. The van der Waals surface area contributed by atoms with Gasteiger partial charge in [-0.2, -0.15) is 0 Å². The van der Waals surface area contributed by atoms with Crippen LogP contribution in [-0.2, 0) is 4.74 Å². The molecular formula is C14H20N2O3. The molecule has 1 aromatic carbocycles. The van der Waals surface area contributed by atoms with Gasteiger partial charge in [0, 0.05) is 24.7 Å². The number of carbonyl (C=O) groups is 1. The van der Waals surface area contributed by atoms with E-state index in [1.165, 1.54) is 6.07 Å². The zero-order chi connectivity index (χ0) is 14.0. The van der Waals surface area contributed by atoms with Crippen LogP contribution in [0, 0.1) is 6.92 Å². The lowest BCUT2D eigenvalue weighted by atomic mass is 10.1. The molecule has 2 rings (SSSR count). The lowest BCUT2D eigenvalue weighted by molar-refractivity contribution is -0.0300. The highest BCUT2D eigenvalue weighted by atomic mass is 16.5. The largest absolute Gasteiger partial charge is 0.508 e. The van der Waals surface area contributed by atoms with Crippen molar-refractivity contribution in [3.63, 3.8) is 0 Å². The predicted octanol–water partition coefficient (Wildman–Crippen LogP) is 0.889. The maximum atomic E-state index is 12.4. The molecule has 0 radical (unpaired) electrons. The Morgan fingerprint density at radius 3 is 2.95 bits per heavy atom. The average Bonchev–Trinajstić information content (AvgIpc) is 2.38. The first-order valence-corrected chi connectivity index (χ1v) is 6.45. The first-order chi connectivity index (χ1) is 8.99. The summed E-state index contributed by atoms with van der Waals surface area (Å²) in [4.78, 5) is 14.2. The van der Waals surface area contributed by atoms with Crippen LogP contribution in [0.4, 0.5) is 0 Å². The first-order valence-electron chi connectivity index (χ1n) is 6.45. The highest BCUT2D eigenvalue weighted by molar-refractivity contribution is 5.95. The van der Waals surface area contributed by atoms with Crippen molar-refractivity contribution in [2.45, 2.75) is 26.0 Å². The number of morpholine rings is 1. The third kappa shape index (κ3) is 3.05. The third-order valence-corrected chi connectivity index (χ3v) is 3.41. The molecule has 104 valence electrons. The number of benzene rings is 1. The van der Waals surface area contributed by atoms with Crippen LogP contribution in [0.2, 0.25) is 0 Å². The van der Waals surface area contributed by atoms with Crippen LogP contribution >= 0.6 is 0 Å². The molecule has 0 spiro atoms. The molecule has 2 atom stereocenters. The van der Waals surface area contributed by atoms with Crippen molar-refractivity contribution in [2.24, 2.45) is 5.73 Å². The number of carbonyl (C=O) groups excluding carboxylic acids is 1. The summed E-state index contributed by atoms with van der Waals surface area (Å²) in [6.45, 7) is 5.29. The Bertz CT molecular complexity index is 474. The summed E-state index contributed by atoms with van der Waals surface area (Å²) in [5.74, 6) is 0.135. The van der Waals surface area contributed by atoms with Gasteiger partial charge in [0.15, 0.2) is 0 Å². The number of amides is 1. The molecule has 19 heavy (non-hydrogen) atoms. The van der Waals surface area contributed by atoms with E-state index in [1.807, 2.05) is 13.8 Å². The minimum absolute atomic E-state index is 0.0357. The van der Waals surface area contributed by atoms with Gasteiger partial charge in [-0.05, 0) is 37.6 Å². The maximum Gasteiger partial charge on any atom is 0.254 e. The van der Waals surface area contributed by atoms with E-state index in [2.05, 4.69) is 0 Å². The third-order valence-electron chi connectivity index (χ3n) is 3.41. The second kappa shape index (κ2) is 5.59. The Morgan fingerprint density at radius 1 is 1.58 bits per heavy atom. The molecule has 1 aromatic rings. The number of ether oxygens (including phenoxy) is 1. The van der Waals surface area contributed by atoms with Gasteiger partial charge in [-0.15, -0.1) is 0 Å². The van der Waals surface area contributed by atoms with Crippen LogP contribution in [0.3, 0.4) is 0 Å². The number of phenols is 1. The predicted molar refractivity (Wildman–Crippen MR) is 72.1 cm³/mol. The Kier molecular flexibility index (Phi) is 4.07. The monoisotopic (exact) mass is 264 g/mol. The normalized spacial score (nSPS) is 21.2. The molecule has 5 nitrogen and oxygen atoms in total. The molecule has 1 aliphatic heterocycles. The molecule has 1 aliphatic rings. The van der Waals surface area contributed by atoms with Gasteiger partial charge in [-0.25, -0.2) is 0 Å². The average molecular weight is 264 g/mol. The maximum absolute atomic E-state index is 12.4. The molecule has 1 heterocycles. The minimum Gasteiger partial charge on any atom is -0.508 e. The van der Waals surface area contributed by atoms with Gasteiger partial charge in [-0.1, -0.05) is 0 Å². The van der Waals surface area contributed by atoms with Crippen molar-refractivity contribution >= 4 is 5.91 Å². The van der Waals surface area contributed by atoms with Crippen molar-refractivity contribution in [2.75, 3.05) is 19.7 Å². The van der Waals surface area contributed by atoms with Crippen LogP contribution in [0.5, 0.6) is 5.75 Å². The van der Waals surface area contributed by atoms with Crippen molar-refractivity contribution in [3.05, 3.63) is 29.3 Å². The molecule has 3 N–H and O–H groups in total. The second-order valence-electron chi connectivity index (χ2n) is 5.02. The van der Waals surface area contributed by atoms with Gasteiger partial charge >= 0.3 is 0 Å². The molecule has 2 unspecified atom stereocenters. The molecular weight excluding hydrogens is 244 g/mol. The summed E-state index contributed by atoms with van der Waals surface area (Å²) in [5.41, 5.74) is 7.21. The molecule has 0 saturated carbocycles. The van der Waals surface area contributed by atoms with Crippen LogP contribution in [0.15, 0.2) is 18.2 Å². The van der Waals surface area contributed by atoms with Crippen molar-refractivity contribution in [3.8, 4) is 5.75 Å². The summed E-state index contributed by atoms with van der Waals surface area (Å²) < 4.78 is 5.55. The second-order valence-corrected chi connectivity index (χ2v) is 5.02. The number of hydrogen-bond donors (Lipinski definition) is 2. The van der Waals surface area contributed by atoms with E-state index in [9.17, 15) is 9.90 Å². The molecule has 1 saturated heterocycles. The van der Waals surface area contributed by atoms with Crippen LogP contribution in [0.25, 0.3) is 0 Å². The lowest BCUT2D eigenvalue weighted by Crippen LogP contribution is -2.51. The van der Waals surface area contributed by atoms with E-state index >= 15 is 0 Å². The van der Waals surface area contributed by atoms with Gasteiger partial charge in [0.25, 0.3) is 5.91 Å². The zero-order valence-electron chi connectivity index (χ0n) is 11.3.